The summed E-state index contributed by atoms with van der Waals surface area (Å²) in [5.74, 6) is 0. The molecule has 0 amide bonds. The summed E-state index contributed by atoms with van der Waals surface area (Å²) >= 11 is 3.35. The number of aromatic nitrogens is 1. The first-order valence-corrected chi connectivity index (χ1v) is 4.29. The molecule has 2 nitrogen and oxygen atoms in total. The third-order valence-electron chi connectivity index (χ3n) is 1.56. The van der Waals surface area contributed by atoms with Gasteiger partial charge in [-0.25, -0.2) is 0 Å². The summed E-state index contributed by atoms with van der Waals surface area (Å²) in [6.07, 6.45) is 6.90. The minimum Gasteiger partial charge on any atom is -0.472 e. The average molecular weight is 224 g/mol. The van der Waals surface area contributed by atoms with Gasteiger partial charge >= 0.3 is 0 Å². The summed E-state index contributed by atoms with van der Waals surface area (Å²) in [4.78, 5) is 4.05. The zero-order chi connectivity index (χ0) is 8.39. The van der Waals surface area contributed by atoms with Crippen molar-refractivity contribution in [2.24, 2.45) is 0 Å². The maximum absolute atomic E-state index is 4.97. The lowest BCUT2D eigenvalue weighted by Crippen LogP contribution is -1.76. The maximum atomic E-state index is 4.97. The molecule has 0 radical (unpaired) electrons. The fourth-order valence-electron chi connectivity index (χ4n) is 0.998. The number of nitrogens with zero attached hydrogens (tertiary/aromatic N) is 1. The third kappa shape index (κ3) is 1.41. The molecule has 2 aromatic heterocycles. The van der Waals surface area contributed by atoms with Crippen LogP contribution in [-0.4, -0.2) is 4.98 Å². The van der Waals surface area contributed by atoms with Gasteiger partial charge < -0.3 is 4.42 Å². The molecule has 0 N–H and O–H groups in total. The van der Waals surface area contributed by atoms with Crippen LogP contribution in [0.15, 0.2) is 45.9 Å². The van der Waals surface area contributed by atoms with Crippen molar-refractivity contribution in [2.75, 3.05) is 0 Å². The molecule has 0 spiro atoms. The molecule has 0 bridgehead atoms. The van der Waals surface area contributed by atoms with Crippen molar-refractivity contribution in [1.82, 2.24) is 4.98 Å². The molecule has 0 aliphatic rings. The zero-order valence-corrected chi connectivity index (χ0v) is 7.78. The van der Waals surface area contributed by atoms with Crippen molar-refractivity contribution < 1.29 is 4.42 Å². The van der Waals surface area contributed by atoms with Gasteiger partial charge in [0.05, 0.1) is 12.5 Å². The topological polar surface area (TPSA) is 26.0 Å². The van der Waals surface area contributed by atoms with E-state index in [2.05, 4.69) is 20.9 Å². The van der Waals surface area contributed by atoms with Crippen LogP contribution in [0.3, 0.4) is 0 Å². The van der Waals surface area contributed by atoms with E-state index in [-0.39, 0.29) is 0 Å². The van der Waals surface area contributed by atoms with Crippen LogP contribution in [0, 0.1) is 0 Å². The first-order valence-electron chi connectivity index (χ1n) is 3.49. The number of furan rings is 1. The standard InChI is InChI=1S/C9H6BrNO/c10-9-3-8(4-11-5-9)7-1-2-12-6-7/h1-6H. The number of pyridine rings is 1. The van der Waals surface area contributed by atoms with E-state index in [9.17, 15) is 0 Å². The lowest BCUT2D eigenvalue weighted by molar-refractivity contribution is 0.568. The van der Waals surface area contributed by atoms with E-state index in [0.717, 1.165) is 15.6 Å². The first kappa shape index (κ1) is 7.55. The second kappa shape index (κ2) is 3.11. The van der Waals surface area contributed by atoms with Crippen LogP contribution in [0.4, 0.5) is 0 Å². The summed E-state index contributed by atoms with van der Waals surface area (Å²) in [6.45, 7) is 0. The van der Waals surface area contributed by atoms with E-state index >= 15 is 0 Å². The van der Waals surface area contributed by atoms with Crippen molar-refractivity contribution in [3.8, 4) is 11.1 Å². The van der Waals surface area contributed by atoms with Crippen molar-refractivity contribution >= 4 is 15.9 Å². The Morgan fingerprint density at radius 2 is 2.17 bits per heavy atom. The smallest absolute Gasteiger partial charge is 0.0981 e. The second-order valence-electron chi connectivity index (χ2n) is 2.40. The first-order chi connectivity index (χ1) is 5.86. The van der Waals surface area contributed by atoms with Gasteiger partial charge in [0.2, 0.25) is 0 Å². The third-order valence-corrected chi connectivity index (χ3v) is 1.99. The minimum atomic E-state index is 0.973. The minimum absolute atomic E-state index is 0.973. The largest absolute Gasteiger partial charge is 0.472 e. The molecule has 2 heterocycles. The Kier molecular flexibility index (Phi) is 1.96. The Morgan fingerprint density at radius 1 is 1.25 bits per heavy atom. The zero-order valence-electron chi connectivity index (χ0n) is 6.20. The number of halogens is 1. The Balaban J connectivity index is 2.48. The van der Waals surface area contributed by atoms with Crippen LogP contribution in [0.5, 0.6) is 0 Å². The molecule has 2 rings (SSSR count). The highest BCUT2D eigenvalue weighted by molar-refractivity contribution is 9.10. The highest BCUT2D eigenvalue weighted by Gasteiger charge is 1.98. The van der Waals surface area contributed by atoms with E-state index < -0.39 is 0 Å². The normalized spacial score (nSPS) is 10.1. The second-order valence-corrected chi connectivity index (χ2v) is 3.32. The van der Waals surface area contributed by atoms with Crippen molar-refractivity contribution in [3.05, 3.63) is 41.5 Å². The van der Waals surface area contributed by atoms with Gasteiger partial charge in [-0.05, 0) is 28.1 Å². The molecule has 3 heteroatoms. The Morgan fingerprint density at radius 3 is 2.83 bits per heavy atom. The van der Waals surface area contributed by atoms with Gasteiger partial charge in [0, 0.05) is 28.0 Å². The summed E-state index contributed by atoms with van der Waals surface area (Å²) in [7, 11) is 0. The summed E-state index contributed by atoms with van der Waals surface area (Å²) in [5.41, 5.74) is 2.10. The van der Waals surface area contributed by atoms with Crippen molar-refractivity contribution in [2.45, 2.75) is 0 Å². The van der Waals surface area contributed by atoms with Crippen LogP contribution in [0.25, 0.3) is 11.1 Å². The average Bonchev–Trinajstić information content (AvgIpc) is 2.56. The molecule has 0 saturated carbocycles. The molecule has 0 aromatic carbocycles. The fraction of sp³-hybridized carbons (Fsp3) is 0. The molecule has 0 saturated heterocycles. The molecular formula is C9H6BrNO. The summed E-state index contributed by atoms with van der Waals surface area (Å²) < 4.78 is 5.94. The highest BCUT2D eigenvalue weighted by atomic mass is 79.9. The molecule has 0 atom stereocenters. The molecule has 0 unspecified atom stereocenters. The lowest BCUT2D eigenvalue weighted by Gasteiger charge is -1.95. The Bertz CT molecular complexity index is 370. The lowest BCUT2D eigenvalue weighted by atomic mass is 10.2. The summed E-state index contributed by atoms with van der Waals surface area (Å²) in [6, 6.07) is 3.90. The fourth-order valence-corrected chi connectivity index (χ4v) is 1.36. The van der Waals surface area contributed by atoms with Gasteiger partial charge in [-0.3, -0.25) is 4.98 Å². The maximum Gasteiger partial charge on any atom is 0.0981 e. The predicted octanol–water partition coefficient (Wildman–Crippen LogP) is 3.10. The summed E-state index contributed by atoms with van der Waals surface area (Å²) in [5, 5.41) is 0. The van der Waals surface area contributed by atoms with E-state index in [4.69, 9.17) is 4.42 Å². The van der Waals surface area contributed by atoms with Crippen LogP contribution >= 0.6 is 15.9 Å². The highest BCUT2D eigenvalue weighted by Crippen LogP contribution is 2.21. The molecule has 60 valence electrons. The van der Waals surface area contributed by atoms with Gasteiger partial charge in [0.15, 0.2) is 0 Å². The van der Waals surface area contributed by atoms with Crippen LogP contribution in [0.1, 0.15) is 0 Å². The van der Waals surface area contributed by atoms with Crippen molar-refractivity contribution in [3.63, 3.8) is 0 Å². The molecule has 12 heavy (non-hydrogen) atoms. The van der Waals surface area contributed by atoms with Crippen LogP contribution < -0.4 is 0 Å². The Hall–Kier alpha value is -1.09. The molecular weight excluding hydrogens is 218 g/mol. The number of rotatable bonds is 1. The van der Waals surface area contributed by atoms with Crippen molar-refractivity contribution in [1.29, 1.82) is 0 Å². The molecule has 0 aliphatic carbocycles. The van der Waals surface area contributed by atoms with Gasteiger partial charge in [-0.1, -0.05) is 0 Å². The van der Waals surface area contributed by atoms with Gasteiger partial charge in [0.25, 0.3) is 0 Å². The molecule has 0 aliphatic heterocycles. The SMILES string of the molecule is Brc1cncc(-c2ccoc2)c1. The molecule has 2 aromatic rings. The van der Waals surface area contributed by atoms with Gasteiger partial charge in [0.1, 0.15) is 0 Å². The van der Waals surface area contributed by atoms with Crippen LogP contribution in [-0.2, 0) is 0 Å². The number of hydrogen-bond acceptors (Lipinski definition) is 2. The van der Waals surface area contributed by atoms with Gasteiger partial charge in [-0.15, -0.1) is 0 Å². The van der Waals surface area contributed by atoms with E-state index in [0.29, 0.717) is 0 Å². The van der Waals surface area contributed by atoms with E-state index in [1.165, 1.54) is 0 Å². The monoisotopic (exact) mass is 223 g/mol. The quantitative estimate of drug-likeness (QED) is 0.743. The predicted molar refractivity (Wildman–Crippen MR) is 49.6 cm³/mol. The number of hydrogen-bond donors (Lipinski definition) is 0. The molecule has 0 fully saturated rings. The van der Waals surface area contributed by atoms with E-state index in [1.54, 1.807) is 24.9 Å². The van der Waals surface area contributed by atoms with Gasteiger partial charge in [-0.2, -0.15) is 0 Å². The van der Waals surface area contributed by atoms with Crippen LogP contribution in [0.2, 0.25) is 0 Å². The van der Waals surface area contributed by atoms with E-state index in [1.807, 2.05) is 12.1 Å². The Labute approximate surface area is 78.4 Å².